The maximum atomic E-state index is 11.0. The van der Waals surface area contributed by atoms with Gasteiger partial charge in [-0.1, -0.05) is 11.6 Å². The molecule has 0 amide bonds. The van der Waals surface area contributed by atoms with Crippen molar-refractivity contribution in [3.63, 3.8) is 0 Å². The molecule has 0 rings (SSSR count). The summed E-state index contributed by atoms with van der Waals surface area (Å²) in [5, 5.41) is 0. The predicted molar refractivity (Wildman–Crippen MR) is 58.3 cm³/mol. The fourth-order valence-electron chi connectivity index (χ4n) is 0.772. The molecule has 0 fully saturated rings. The molecule has 14 heavy (non-hydrogen) atoms. The van der Waals surface area contributed by atoms with E-state index in [2.05, 4.69) is 9.73 Å². The van der Waals surface area contributed by atoms with Crippen LogP contribution in [0.25, 0.3) is 0 Å². The highest BCUT2D eigenvalue weighted by molar-refractivity contribution is 6.05. The second-order valence-electron chi connectivity index (χ2n) is 3.08. The van der Waals surface area contributed by atoms with Crippen molar-refractivity contribution in [2.24, 2.45) is 4.99 Å². The van der Waals surface area contributed by atoms with E-state index in [4.69, 9.17) is 0 Å². The van der Waals surface area contributed by atoms with Gasteiger partial charge in [-0.05, 0) is 26.8 Å². The van der Waals surface area contributed by atoms with E-state index in [1.165, 1.54) is 7.11 Å². The number of methoxy groups -OCH3 is 1. The van der Waals surface area contributed by atoms with E-state index < -0.39 is 0 Å². The molecular formula is C11H17NO2. The summed E-state index contributed by atoms with van der Waals surface area (Å²) in [5.74, 6) is -0.274. The summed E-state index contributed by atoms with van der Waals surface area (Å²) in [4.78, 5) is 15.2. The highest BCUT2D eigenvalue weighted by Gasteiger charge is 2.03. The van der Waals surface area contributed by atoms with Gasteiger partial charge in [0, 0.05) is 6.20 Å². The van der Waals surface area contributed by atoms with E-state index in [9.17, 15) is 4.79 Å². The number of nitrogens with zero attached hydrogens (tertiary/aromatic N) is 1. The fraction of sp³-hybridized carbons (Fsp3) is 0.455. The van der Waals surface area contributed by atoms with Crippen LogP contribution in [0.4, 0.5) is 0 Å². The molecule has 0 unspecified atom stereocenters. The Bertz CT molecular complexity index is 271. The Morgan fingerprint density at radius 3 is 2.50 bits per heavy atom. The van der Waals surface area contributed by atoms with Crippen LogP contribution in [0, 0.1) is 0 Å². The number of carbonyl (C=O) groups is 1. The molecule has 0 aromatic carbocycles. The Hall–Kier alpha value is -1.38. The predicted octanol–water partition coefficient (Wildman–Crippen LogP) is 2.49. The molecule has 0 spiro atoms. The van der Waals surface area contributed by atoms with Gasteiger partial charge in [-0.15, -0.1) is 0 Å². The van der Waals surface area contributed by atoms with Crippen molar-refractivity contribution < 1.29 is 9.53 Å². The van der Waals surface area contributed by atoms with Crippen LogP contribution in [-0.4, -0.2) is 18.8 Å². The Kier molecular flexibility index (Phi) is 6.37. The first kappa shape index (κ1) is 12.6. The third-order valence-electron chi connectivity index (χ3n) is 1.40. The van der Waals surface area contributed by atoms with Crippen molar-refractivity contribution in [1.29, 1.82) is 0 Å². The quantitative estimate of drug-likeness (QED) is 0.510. The highest BCUT2D eigenvalue weighted by atomic mass is 16.5. The molecule has 0 N–H and O–H groups in total. The minimum atomic E-state index is -0.274. The van der Waals surface area contributed by atoms with Gasteiger partial charge in [0.15, 0.2) is 0 Å². The van der Waals surface area contributed by atoms with Crippen LogP contribution >= 0.6 is 0 Å². The topological polar surface area (TPSA) is 38.7 Å². The van der Waals surface area contributed by atoms with E-state index in [0.717, 1.165) is 5.57 Å². The van der Waals surface area contributed by atoms with Gasteiger partial charge in [-0.25, -0.2) is 0 Å². The molecule has 0 aromatic rings. The van der Waals surface area contributed by atoms with E-state index in [1.807, 2.05) is 26.8 Å². The molecule has 0 aliphatic rings. The van der Waals surface area contributed by atoms with Gasteiger partial charge in [0.25, 0.3) is 0 Å². The molecule has 3 heteroatoms. The van der Waals surface area contributed by atoms with Crippen LogP contribution < -0.4 is 0 Å². The molecule has 0 aliphatic heterocycles. The number of aliphatic imine (C=N–C) groups is 1. The van der Waals surface area contributed by atoms with Crippen LogP contribution in [0.2, 0.25) is 0 Å². The van der Waals surface area contributed by atoms with E-state index in [0.29, 0.717) is 5.71 Å². The number of hydrogen-bond donors (Lipinski definition) is 0. The molecule has 0 aromatic heterocycles. The zero-order chi connectivity index (χ0) is 11.0. The lowest BCUT2D eigenvalue weighted by Crippen LogP contribution is -2.06. The normalized spacial score (nSPS) is 11.6. The Balaban J connectivity index is 4.52. The van der Waals surface area contributed by atoms with Crippen molar-refractivity contribution in [1.82, 2.24) is 0 Å². The van der Waals surface area contributed by atoms with Gasteiger partial charge in [0.1, 0.15) is 0 Å². The lowest BCUT2D eigenvalue weighted by atomic mass is 10.2. The summed E-state index contributed by atoms with van der Waals surface area (Å²) >= 11 is 0. The van der Waals surface area contributed by atoms with Gasteiger partial charge in [-0.2, -0.15) is 0 Å². The molecule has 0 heterocycles. The maximum absolute atomic E-state index is 11.0. The SMILES string of the molecule is C/C=C\C(CC(=O)OC)=NC=C(C)C. The first-order valence-electron chi connectivity index (χ1n) is 4.49. The highest BCUT2D eigenvalue weighted by Crippen LogP contribution is 1.96. The molecule has 0 saturated heterocycles. The van der Waals surface area contributed by atoms with Crippen molar-refractivity contribution in [2.75, 3.05) is 7.11 Å². The molecule has 0 atom stereocenters. The first-order valence-corrected chi connectivity index (χ1v) is 4.49. The van der Waals surface area contributed by atoms with Gasteiger partial charge < -0.3 is 4.74 Å². The van der Waals surface area contributed by atoms with Crippen molar-refractivity contribution in [2.45, 2.75) is 27.2 Å². The summed E-state index contributed by atoms with van der Waals surface area (Å²) in [7, 11) is 1.37. The number of esters is 1. The lowest BCUT2D eigenvalue weighted by molar-refractivity contribution is -0.139. The number of carbonyl (C=O) groups excluding carboxylic acids is 1. The Morgan fingerprint density at radius 2 is 2.07 bits per heavy atom. The van der Waals surface area contributed by atoms with Gasteiger partial charge in [0.05, 0.1) is 19.2 Å². The number of allylic oxidation sites excluding steroid dienone is 3. The monoisotopic (exact) mass is 195 g/mol. The maximum Gasteiger partial charge on any atom is 0.311 e. The van der Waals surface area contributed by atoms with Crippen LogP contribution in [0.3, 0.4) is 0 Å². The van der Waals surface area contributed by atoms with Crippen LogP contribution in [0.15, 0.2) is 28.9 Å². The Morgan fingerprint density at radius 1 is 1.43 bits per heavy atom. The smallest absolute Gasteiger partial charge is 0.311 e. The second kappa shape index (κ2) is 7.06. The standard InChI is InChI=1S/C11H17NO2/c1-5-6-10(7-11(13)14-4)12-8-9(2)3/h5-6,8H,7H2,1-4H3/b6-5-,12-10?. The van der Waals surface area contributed by atoms with Crippen LogP contribution in [0.1, 0.15) is 27.2 Å². The number of hydrogen-bond acceptors (Lipinski definition) is 3. The number of ether oxygens (including phenoxy) is 1. The van der Waals surface area contributed by atoms with Crippen LogP contribution in [0.5, 0.6) is 0 Å². The molecule has 0 saturated carbocycles. The minimum Gasteiger partial charge on any atom is -0.469 e. The van der Waals surface area contributed by atoms with Gasteiger partial charge in [-0.3, -0.25) is 9.79 Å². The zero-order valence-corrected chi connectivity index (χ0v) is 9.20. The Labute approximate surface area is 85.2 Å². The van der Waals surface area contributed by atoms with Crippen molar-refractivity contribution in [3.8, 4) is 0 Å². The summed E-state index contributed by atoms with van der Waals surface area (Å²) in [6.45, 7) is 5.79. The number of rotatable bonds is 4. The summed E-state index contributed by atoms with van der Waals surface area (Å²) in [5.41, 5.74) is 1.80. The van der Waals surface area contributed by atoms with Crippen LogP contribution in [-0.2, 0) is 9.53 Å². The second-order valence-corrected chi connectivity index (χ2v) is 3.08. The molecule has 0 aliphatic carbocycles. The van der Waals surface area contributed by atoms with Gasteiger partial charge in [0.2, 0.25) is 0 Å². The average Bonchev–Trinajstić information content (AvgIpc) is 2.14. The van der Waals surface area contributed by atoms with Gasteiger partial charge >= 0.3 is 5.97 Å². The van der Waals surface area contributed by atoms with E-state index >= 15 is 0 Å². The minimum absolute atomic E-state index is 0.213. The van der Waals surface area contributed by atoms with Crippen molar-refractivity contribution >= 4 is 11.7 Å². The summed E-state index contributed by atoms with van der Waals surface area (Å²) in [6, 6.07) is 0. The summed E-state index contributed by atoms with van der Waals surface area (Å²) in [6.07, 6.45) is 5.60. The fourth-order valence-corrected chi connectivity index (χ4v) is 0.772. The molecule has 0 bridgehead atoms. The largest absolute Gasteiger partial charge is 0.469 e. The molecular weight excluding hydrogens is 178 g/mol. The lowest BCUT2D eigenvalue weighted by Gasteiger charge is -1.98. The third-order valence-corrected chi connectivity index (χ3v) is 1.40. The zero-order valence-electron chi connectivity index (χ0n) is 9.20. The first-order chi connectivity index (χ1) is 6.60. The molecule has 3 nitrogen and oxygen atoms in total. The third kappa shape index (κ3) is 6.17. The molecule has 0 radical (unpaired) electrons. The molecule has 78 valence electrons. The van der Waals surface area contributed by atoms with Crippen molar-refractivity contribution in [3.05, 3.63) is 23.9 Å². The van der Waals surface area contributed by atoms with E-state index in [-0.39, 0.29) is 12.4 Å². The van der Waals surface area contributed by atoms with E-state index in [1.54, 1.807) is 12.3 Å². The summed E-state index contributed by atoms with van der Waals surface area (Å²) < 4.78 is 4.56. The average molecular weight is 195 g/mol.